The molecule has 0 aliphatic rings. The molecule has 0 radical (unpaired) electrons. The fourth-order valence-electron chi connectivity index (χ4n) is 1.86. The van der Waals surface area contributed by atoms with E-state index in [4.69, 9.17) is 23.8 Å². The van der Waals surface area contributed by atoms with Crippen LogP contribution in [0.5, 0.6) is 0 Å². The second-order valence-electron chi connectivity index (χ2n) is 4.43. The molecule has 0 saturated heterocycles. The molecule has 0 bridgehead atoms. The third-order valence-electron chi connectivity index (χ3n) is 2.97. The van der Waals surface area contributed by atoms with Crippen LogP contribution in [-0.2, 0) is 0 Å². The summed E-state index contributed by atoms with van der Waals surface area (Å²) in [6, 6.07) is 5.89. The molecule has 0 saturated carbocycles. The molecule has 3 rings (SSSR count). The number of H-pyrrole nitrogens is 1. The molecule has 0 amide bonds. The minimum Gasteiger partial charge on any atom is -0.250 e. The highest BCUT2D eigenvalue weighted by atomic mass is 35.5. The fraction of sp³-hybridized carbons (Fsp3) is 0.0769. The highest BCUT2D eigenvalue weighted by Gasteiger charge is 2.13. The average molecular weight is 337 g/mol. The standard InChI is InChI=1S/C13H10ClFN6S/c1-8-11(6-17-20-7-16-18-13(20)22)12(14)21(19-8)10-4-2-9(15)3-5-10/h2-7H,1H3,(H,18,22). The van der Waals surface area contributed by atoms with Gasteiger partial charge in [-0.1, -0.05) is 11.6 Å². The molecule has 0 atom stereocenters. The van der Waals surface area contributed by atoms with E-state index >= 15 is 0 Å². The molecule has 112 valence electrons. The van der Waals surface area contributed by atoms with Crippen LogP contribution in [0.4, 0.5) is 4.39 Å². The number of benzene rings is 1. The lowest BCUT2D eigenvalue weighted by Gasteiger charge is -2.02. The van der Waals surface area contributed by atoms with Gasteiger partial charge in [-0.25, -0.2) is 9.07 Å². The molecule has 2 heterocycles. The summed E-state index contributed by atoms with van der Waals surface area (Å²) < 4.78 is 16.3. The zero-order valence-electron chi connectivity index (χ0n) is 11.4. The van der Waals surface area contributed by atoms with Crippen molar-refractivity contribution in [2.24, 2.45) is 5.10 Å². The lowest BCUT2D eigenvalue weighted by molar-refractivity contribution is 0.627. The summed E-state index contributed by atoms with van der Waals surface area (Å²) in [6.45, 7) is 1.81. The highest BCUT2D eigenvalue weighted by Crippen LogP contribution is 2.22. The Labute approximate surface area is 134 Å². The van der Waals surface area contributed by atoms with Gasteiger partial charge in [0.05, 0.1) is 23.2 Å². The Morgan fingerprint density at radius 3 is 2.73 bits per heavy atom. The van der Waals surface area contributed by atoms with E-state index in [-0.39, 0.29) is 5.82 Å². The molecule has 6 nitrogen and oxygen atoms in total. The summed E-state index contributed by atoms with van der Waals surface area (Å²) >= 11 is 11.3. The lowest BCUT2D eigenvalue weighted by Crippen LogP contribution is -1.96. The molecule has 0 aliphatic carbocycles. The van der Waals surface area contributed by atoms with E-state index < -0.39 is 0 Å². The topological polar surface area (TPSA) is 63.8 Å². The quantitative estimate of drug-likeness (QED) is 0.590. The maximum absolute atomic E-state index is 13.0. The Hall–Kier alpha value is -2.32. The van der Waals surface area contributed by atoms with Gasteiger partial charge in [-0.15, -0.1) is 0 Å². The van der Waals surface area contributed by atoms with Crippen LogP contribution in [-0.4, -0.2) is 30.9 Å². The molecule has 1 aromatic carbocycles. The Bertz CT molecular complexity index is 892. The van der Waals surface area contributed by atoms with Gasteiger partial charge in [0, 0.05) is 0 Å². The first-order chi connectivity index (χ1) is 10.6. The molecule has 1 N–H and O–H groups in total. The Morgan fingerprint density at radius 1 is 1.36 bits per heavy atom. The van der Waals surface area contributed by atoms with Crippen molar-refractivity contribution >= 4 is 30.0 Å². The van der Waals surface area contributed by atoms with E-state index in [1.165, 1.54) is 27.8 Å². The molecule has 0 spiro atoms. The van der Waals surface area contributed by atoms with E-state index in [0.717, 1.165) is 0 Å². The smallest absolute Gasteiger partial charge is 0.216 e. The maximum atomic E-state index is 13.0. The van der Waals surface area contributed by atoms with Gasteiger partial charge >= 0.3 is 0 Å². The van der Waals surface area contributed by atoms with Crippen LogP contribution in [0.2, 0.25) is 5.15 Å². The molecule has 2 aromatic heterocycles. The molecule has 22 heavy (non-hydrogen) atoms. The SMILES string of the molecule is Cc1nn(-c2ccc(F)cc2)c(Cl)c1C=Nn1cn[nH]c1=S. The number of aromatic nitrogens is 5. The summed E-state index contributed by atoms with van der Waals surface area (Å²) in [5, 5.41) is 15.3. The zero-order chi connectivity index (χ0) is 15.7. The second kappa shape index (κ2) is 5.82. The fourth-order valence-corrected chi connectivity index (χ4v) is 2.32. The van der Waals surface area contributed by atoms with Crippen molar-refractivity contribution in [3.8, 4) is 5.69 Å². The predicted octanol–water partition coefficient (Wildman–Crippen LogP) is 3.11. The molecule has 0 fully saturated rings. The van der Waals surface area contributed by atoms with Crippen LogP contribution in [0.15, 0.2) is 35.7 Å². The number of hydrogen-bond acceptors (Lipinski definition) is 4. The summed E-state index contributed by atoms with van der Waals surface area (Å²) in [5.74, 6) is -0.320. The van der Waals surface area contributed by atoms with Gasteiger partial charge in [0.15, 0.2) is 0 Å². The first kappa shape index (κ1) is 14.6. The van der Waals surface area contributed by atoms with Crippen molar-refractivity contribution in [2.45, 2.75) is 6.92 Å². The van der Waals surface area contributed by atoms with Gasteiger partial charge in [0.1, 0.15) is 17.3 Å². The minimum atomic E-state index is -0.320. The van der Waals surface area contributed by atoms with Crippen molar-refractivity contribution < 1.29 is 4.39 Å². The van der Waals surface area contributed by atoms with Gasteiger partial charge < -0.3 is 0 Å². The van der Waals surface area contributed by atoms with Crippen LogP contribution in [0.25, 0.3) is 5.69 Å². The number of halogens is 2. The highest BCUT2D eigenvalue weighted by molar-refractivity contribution is 7.71. The number of hydrogen-bond donors (Lipinski definition) is 1. The minimum absolute atomic E-state index is 0.320. The molecule has 3 aromatic rings. The van der Waals surface area contributed by atoms with Gasteiger partial charge in [-0.3, -0.25) is 5.10 Å². The third-order valence-corrected chi connectivity index (χ3v) is 3.61. The normalized spacial score (nSPS) is 11.4. The summed E-state index contributed by atoms with van der Waals surface area (Å²) in [7, 11) is 0. The Morgan fingerprint density at radius 2 is 2.09 bits per heavy atom. The van der Waals surface area contributed by atoms with Crippen molar-refractivity contribution in [3.63, 3.8) is 0 Å². The molecular weight excluding hydrogens is 327 g/mol. The van der Waals surface area contributed by atoms with Crippen LogP contribution >= 0.6 is 23.8 Å². The lowest BCUT2D eigenvalue weighted by atomic mass is 10.3. The van der Waals surface area contributed by atoms with Gasteiger partial charge in [-0.2, -0.15) is 20.0 Å². The summed E-state index contributed by atoms with van der Waals surface area (Å²) in [4.78, 5) is 0. The second-order valence-corrected chi connectivity index (χ2v) is 5.17. The first-order valence-electron chi connectivity index (χ1n) is 6.23. The van der Waals surface area contributed by atoms with E-state index in [9.17, 15) is 4.39 Å². The summed E-state index contributed by atoms with van der Waals surface area (Å²) in [6.07, 6.45) is 3.00. The molecule has 9 heteroatoms. The van der Waals surface area contributed by atoms with Crippen molar-refractivity contribution in [1.29, 1.82) is 0 Å². The Balaban J connectivity index is 2.00. The number of aromatic amines is 1. The third kappa shape index (κ3) is 2.70. The molecular formula is C13H10ClFN6S. The number of nitrogens with one attached hydrogen (secondary N) is 1. The first-order valence-corrected chi connectivity index (χ1v) is 7.02. The van der Waals surface area contributed by atoms with Crippen molar-refractivity contribution in [3.05, 3.63) is 57.6 Å². The van der Waals surface area contributed by atoms with Crippen LogP contribution in [0.3, 0.4) is 0 Å². The van der Waals surface area contributed by atoms with Crippen LogP contribution in [0.1, 0.15) is 11.3 Å². The maximum Gasteiger partial charge on any atom is 0.216 e. The van der Waals surface area contributed by atoms with Crippen molar-refractivity contribution in [1.82, 2.24) is 24.7 Å². The number of nitrogens with zero attached hydrogens (tertiary/aromatic N) is 5. The van der Waals surface area contributed by atoms with E-state index in [0.29, 0.717) is 26.9 Å². The van der Waals surface area contributed by atoms with Crippen LogP contribution in [0, 0.1) is 17.5 Å². The number of aryl methyl sites for hydroxylation is 1. The largest absolute Gasteiger partial charge is 0.250 e. The van der Waals surface area contributed by atoms with Gasteiger partial charge in [0.2, 0.25) is 4.77 Å². The van der Waals surface area contributed by atoms with Gasteiger partial charge in [0.25, 0.3) is 0 Å². The van der Waals surface area contributed by atoms with Crippen LogP contribution < -0.4 is 0 Å². The average Bonchev–Trinajstić information content (AvgIpc) is 3.02. The van der Waals surface area contributed by atoms with E-state index in [1.54, 1.807) is 18.3 Å². The van der Waals surface area contributed by atoms with E-state index in [2.05, 4.69) is 20.4 Å². The molecule has 0 unspecified atom stereocenters. The van der Waals surface area contributed by atoms with Crippen molar-refractivity contribution in [2.75, 3.05) is 0 Å². The predicted molar refractivity (Wildman–Crippen MR) is 83.7 cm³/mol. The Kier molecular flexibility index (Phi) is 3.86. The molecule has 0 aliphatic heterocycles. The van der Waals surface area contributed by atoms with Gasteiger partial charge in [-0.05, 0) is 43.4 Å². The van der Waals surface area contributed by atoms with E-state index in [1.807, 2.05) is 6.92 Å². The number of rotatable bonds is 3. The monoisotopic (exact) mass is 336 g/mol. The zero-order valence-corrected chi connectivity index (χ0v) is 12.9. The summed E-state index contributed by atoms with van der Waals surface area (Å²) in [5.41, 5.74) is 2.00.